The number of amides is 2. The number of nitrogens with one attached hydrogen (secondary N) is 1. The summed E-state index contributed by atoms with van der Waals surface area (Å²) in [6.07, 6.45) is 3.00. The molecule has 7 nitrogen and oxygen atoms in total. The third kappa shape index (κ3) is 3.06. The van der Waals surface area contributed by atoms with Crippen LogP contribution in [0.3, 0.4) is 0 Å². The molecule has 3 N–H and O–H groups in total. The minimum absolute atomic E-state index is 0.0437. The van der Waals surface area contributed by atoms with Gasteiger partial charge in [0.25, 0.3) is 0 Å². The maximum absolute atomic E-state index is 12.8. The molecule has 1 spiro atoms. The molecular weight excluding hydrogens is 324 g/mol. The van der Waals surface area contributed by atoms with Crippen LogP contribution >= 0.6 is 0 Å². The molecule has 2 bridgehead atoms. The zero-order chi connectivity index (χ0) is 18.0. The van der Waals surface area contributed by atoms with Gasteiger partial charge in [-0.2, -0.15) is 0 Å². The number of carbonyl (C=O) groups excluding carboxylic acids is 2. The van der Waals surface area contributed by atoms with Crippen molar-refractivity contribution in [2.45, 2.75) is 69.3 Å². The van der Waals surface area contributed by atoms with Gasteiger partial charge in [0, 0.05) is 18.9 Å². The summed E-state index contributed by atoms with van der Waals surface area (Å²) in [5.74, 6) is 0.0604. The Morgan fingerprint density at radius 1 is 1.28 bits per heavy atom. The Kier molecular flexibility index (Phi) is 3.73. The number of morpholine rings is 1. The van der Waals surface area contributed by atoms with Gasteiger partial charge in [-0.25, -0.2) is 0 Å². The maximum atomic E-state index is 12.8. The second kappa shape index (κ2) is 5.41. The quantitative estimate of drug-likeness (QED) is 0.636. The fourth-order valence-electron chi connectivity index (χ4n) is 4.95. The molecule has 0 aromatic carbocycles. The van der Waals surface area contributed by atoms with Crippen molar-refractivity contribution in [1.82, 2.24) is 10.2 Å². The van der Waals surface area contributed by atoms with Gasteiger partial charge in [-0.3, -0.25) is 9.59 Å². The van der Waals surface area contributed by atoms with E-state index >= 15 is 0 Å². The Morgan fingerprint density at radius 2 is 2.00 bits per heavy atom. The number of ether oxygens (including phenoxy) is 1. The highest BCUT2D eigenvalue weighted by molar-refractivity contribution is 5.84. The summed E-state index contributed by atoms with van der Waals surface area (Å²) in [5, 5.41) is 22.1. The number of hydrogen-bond donors (Lipinski definition) is 3. The highest BCUT2D eigenvalue weighted by atomic mass is 16.5. The van der Waals surface area contributed by atoms with E-state index in [1.807, 2.05) is 4.90 Å². The van der Waals surface area contributed by atoms with Crippen LogP contribution < -0.4 is 5.32 Å². The third-order valence-electron chi connectivity index (χ3n) is 6.34. The summed E-state index contributed by atoms with van der Waals surface area (Å²) in [7, 11) is 0. The van der Waals surface area contributed by atoms with E-state index in [0.717, 1.165) is 25.7 Å². The number of rotatable bonds is 5. The molecule has 3 atom stereocenters. The van der Waals surface area contributed by atoms with Crippen LogP contribution in [-0.2, 0) is 14.3 Å². The lowest BCUT2D eigenvalue weighted by Gasteiger charge is -2.36. The van der Waals surface area contributed by atoms with Gasteiger partial charge in [0.05, 0.1) is 37.3 Å². The number of aliphatic hydroxyl groups excluding tert-OH is 1. The zero-order valence-corrected chi connectivity index (χ0v) is 15.0. The molecule has 7 heteroatoms. The van der Waals surface area contributed by atoms with Gasteiger partial charge >= 0.3 is 0 Å². The van der Waals surface area contributed by atoms with E-state index in [1.165, 1.54) is 0 Å². The number of hydrogen-bond acceptors (Lipinski definition) is 5. The van der Waals surface area contributed by atoms with E-state index < -0.39 is 11.2 Å². The minimum atomic E-state index is -1.04. The van der Waals surface area contributed by atoms with Gasteiger partial charge in [0.2, 0.25) is 11.8 Å². The summed E-state index contributed by atoms with van der Waals surface area (Å²) in [6, 6.07) is 0.0985. The van der Waals surface area contributed by atoms with Crippen molar-refractivity contribution in [1.29, 1.82) is 0 Å². The minimum Gasteiger partial charge on any atom is -0.393 e. The zero-order valence-electron chi connectivity index (χ0n) is 15.0. The SMILES string of the molecule is CC(C)(O)CC(=O)NCC12CC(CO1)N(C(=O)C1CC13CC(O)C3)C2. The molecule has 2 saturated heterocycles. The predicted octanol–water partition coefficient (Wildman–Crippen LogP) is -0.205. The van der Waals surface area contributed by atoms with E-state index in [9.17, 15) is 19.8 Å². The highest BCUT2D eigenvalue weighted by Gasteiger charge is 2.66. The van der Waals surface area contributed by atoms with Crippen molar-refractivity contribution < 1.29 is 24.5 Å². The lowest BCUT2D eigenvalue weighted by molar-refractivity contribution is -0.142. The molecule has 3 unspecified atom stereocenters. The molecule has 2 amide bonds. The van der Waals surface area contributed by atoms with Crippen LogP contribution in [0.4, 0.5) is 0 Å². The fraction of sp³-hybridized carbons (Fsp3) is 0.889. The molecule has 4 aliphatic rings. The van der Waals surface area contributed by atoms with Crippen LogP contribution in [0, 0.1) is 11.3 Å². The lowest BCUT2D eigenvalue weighted by Crippen LogP contribution is -2.51. The van der Waals surface area contributed by atoms with Crippen molar-refractivity contribution in [3.63, 3.8) is 0 Å². The first-order valence-corrected chi connectivity index (χ1v) is 9.23. The summed E-state index contributed by atoms with van der Waals surface area (Å²) in [6.45, 7) is 4.62. The van der Waals surface area contributed by atoms with Crippen LogP contribution in [0.2, 0.25) is 0 Å². The largest absolute Gasteiger partial charge is 0.393 e. The molecular formula is C18H28N2O5. The molecule has 2 saturated carbocycles. The monoisotopic (exact) mass is 352 g/mol. The van der Waals surface area contributed by atoms with Crippen LogP contribution in [0.1, 0.15) is 46.0 Å². The lowest BCUT2D eigenvalue weighted by atomic mass is 9.77. The Labute approximate surface area is 147 Å². The molecule has 0 aromatic rings. The Morgan fingerprint density at radius 3 is 2.64 bits per heavy atom. The number of aliphatic hydroxyl groups is 2. The van der Waals surface area contributed by atoms with E-state index in [4.69, 9.17) is 4.74 Å². The highest BCUT2D eigenvalue weighted by Crippen LogP contribution is 2.66. The van der Waals surface area contributed by atoms with Crippen LogP contribution in [0.5, 0.6) is 0 Å². The molecule has 4 rings (SSSR count). The molecule has 2 heterocycles. The Bertz CT molecular complexity index is 595. The van der Waals surface area contributed by atoms with E-state index in [-0.39, 0.29) is 41.7 Å². The number of likely N-dealkylation sites (tertiary alicyclic amines) is 1. The van der Waals surface area contributed by atoms with Gasteiger partial charge in [-0.1, -0.05) is 0 Å². The summed E-state index contributed by atoms with van der Waals surface area (Å²) >= 11 is 0. The van der Waals surface area contributed by atoms with Crippen molar-refractivity contribution in [3.8, 4) is 0 Å². The first kappa shape index (κ1) is 17.2. The van der Waals surface area contributed by atoms with Crippen molar-refractivity contribution in [2.75, 3.05) is 19.7 Å². The maximum Gasteiger partial charge on any atom is 0.226 e. The second-order valence-electron chi connectivity index (χ2n) is 9.27. The summed E-state index contributed by atoms with van der Waals surface area (Å²) < 4.78 is 5.90. The molecule has 0 aromatic heterocycles. The smallest absolute Gasteiger partial charge is 0.226 e. The van der Waals surface area contributed by atoms with Gasteiger partial charge in [0.1, 0.15) is 5.60 Å². The van der Waals surface area contributed by atoms with Crippen molar-refractivity contribution in [3.05, 3.63) is 0 Å². The van der Waals surface area contributed by atoms with Crippen LogP contribution in [0.25, 0.3) is 0 Å². The standard InChI is InChI=1S/C18H28N2O5/c1-16(2,24)7-14(22)19-9-18-3-11(8-25-18)20(10-18)15(23)13-6-17(13)4-12(21)5-17/h11-13,21,24H,3-10H2,1-2H3,(H,19,22). The summed E-state index contributed by atoms with van der Waals surface area (Å²) in [5.41, 5.74) is -1.45. The number of nitrogens with zero attached hydrogens (tertiary/aromatic N) is 1. The van der Waals surface area contributed by atoms with Crippen LogP contribution in [-0.4, -0.2) is 70.0 Å². The summed E-state index contributed by atoms with van der Waals surface area (Å²) in [4.78, 5) is 26.7. The molecule has 0 radical (unpaired) electrons. The van der Waals surface area contributed by atoms with Crippen molar-refractivity contribution in [2.24, 2.45) is 11.3 Å². The molecule has 2 aliphatic heterocycles. The first-order valence-electron chi connectivity index (χ1n) is 9.23. The first-order chi connectivity index (χ1) is 11.6. The normalized spacial score (nSPS) is 41.8. The van der Waals surface area contributed by atoms with Gasteiger partial charge < -0.3 is 25.2 Å². The van der Waals surface area contributed by atoms with E-state index in [2.05, 4.69) is 5.32 Å². The van der Waals surface area contributed by atoms with E-state index in [0.29, 0.717) is 19.7 Å². The van der Waals surface area contributed by atoms with Gasteiger partial charge in [0.15, 0.2) is 0 Å². The number of carbonyl (C=O) groups is 2. The van der Waals surface area contributed by atoms with Gasteiger partial charge in [-0.15, -0.1) is 0 Å². The molecule has 140 valence electrons. The second-order valence-corrected chi connectivity index (χ2v) is 9.27. The van der Waals surface area contributed by atoms with Gasteiger partial charge in [-0.05, 0) is 38.5 Å². The average molecular weight is 352 g/mol. The predicted molar refractivity (Wildman–Crippen MR) is 88.5 cm³/mol. The Hall–Kier alpha value is -1.18. The van der Waals surface area contributed by atoms with Crippen LogP contribution in [0.15, 0.2) is 0 Å². The Balaban J connectivity index is 1.32. The molecule has 4 fully saturated rings. The van der Waals surface area contributed by atoms with Crippen molar-refractivity contribution >= 4 is 11.8 Å². The van der Waals surface area contributed by atoms with E-state index in [1.54, 1.807) is 13.8 Å². The topological polar surface area (TPSA) is 99.1 Å². The molecule has 25 heavy (non-hydrogen) atoms. The average Bonchev–Trinajstić information content (AvgIpc) is 2.91. The number of fused-ring (bicyclic) bond motifs is 2. The fourth-order valence-corrected chi connectivity index (χ4v) is 4.95. The molecule has 2 aliphatic carbocycles. The third-order valence-corrected chi connectivity index (χ3v) is 6.34.